The number of benzene rings is 1. The monoisotopic (exact) mass is 236 g/mol. The first-order valence-electron chi connectivity index (χ1n) is 5.67. The van der Waals surface area contributed by atoms with Gasteiger partial charge in [0.2, 0.25) is 5.91 Å². The molecule has 0 radical (unpaired) electrons. The molecule has 0 saturated carbocycles. The van der Waals surface area contributed by atoms with Crippen LogP contribution in [-0.4, -0.2) is 23.1 Å². The van der Waals surface area contributed by atoms with Crippen LogP contribution in [0.25, 0.3) is 0 Å². The molecule has 0 unspecified atom stereocenters. The Morgan fingerprint density at radius 2 is 1.94 bits per heavy atom. The molecule has 0 atom stereocenters. The standard InChI is InChI=1S/C13H20N2O2/c1-13(2,3)15-9-12(17)14-8-10-6-4-5-7-11(10)16/h4-7,15-16H,8-9H2,1-3H3,(H,14,17). The van der Waals surface area contributed by atoms with E-state index in [1.165, 1.54) is 0 Å². The topological polar surface area (TPSA) is 61.4 Å². The molecular weight excluding hydrogens is 216 g/mol. The molecule has 4 nitrogen and oxygen atoms in total. The summed E-state index contributed by atoms with van der Waals surface area (Å²) in [5, 5.41) is 15.4. The third-order valence-electron chi connectivity index (χ3n) is 2.25. The maximum atomic E-state index is 11.5. The molecule has 0 aromatic heterocycles. The average molecular weight is 236 g/mol. The first-order chi connectivity index (χ1) is 7.88. The zero-order valence-corrected chi connectivity index (χ0v) is 10.6. The first-order valence-corrected chi connectivity index (χ1v) is 5.67. The predicted molar refractivity (Wildman–Crippen MR) is 67.7 cm³/mol. The maximum Gasteiger partial charge on any atom is 0.234 e. The quantitative estimate of drug-likeness (QED) is 0.740. The Hall–Kier alpha value is -1.55. The molecule has 0 aliphatic carbocycles. The van der Waals surface area contributed by atoms with E-state index in [0.29, 0.717) is 6.54 Å². The molecule has 1 amide bonds. The van der Waals surface area contributed by atoms with Crippen LogP contribution in [0, 0.1) is 0 Å². The van der Waals surface area contributed by atoms with E-state index in [1.54, 1.807) is 18.2 Å². The summed E-state index contributed by atoms with van der Waals surface area (Å²) in [5.41, 5.74) is 0.642. The lowest BCUT2D eigenvalue weighted by Crippen LogP contribution is -2.43. The lowest BCUT2D eigenvalue weighted by atomic mass is 10.1. The summed E-state index contributed by atoms with van der Waals surface area (Å²) in [6, 6.07) is 6.97. The number of phenolic OH excluding ortho intramolecular Hbond substituents is 1. The van der Waals surface area contributed by atoms with E-state index in [1.807, 2.05) is 26.8 Å². The summed E-state index contributed by atoms with van der Waals surface area (Å²) in [5.74, 6) is 0.125. The number of para-hydroxylation sites is 1. The Labute approximate surface area is 102 Å². The van der Waals surface area contributed by atoms with Crippen molar-refractivity contribution >= 4 is 5.91 Å². The van der Waals surface area contributed by atoms with Crippen LogP contribution in [0.15, 0.2) is 24.3 Å². The highest BCUT2D eigenvalue weighted by atomic mass is 16.3. The van der Waals surface area contributed by atoms with Crippen molar-refractivity contribution in [3.05, 3.63) is 29.8 Å². The molecule has 0 spiro atoms. The van der Waals surface area contributed by atoms with Crippen LogP contribution in [0.4, 0.5) is 0 Å². The van der Waals surface area contributed by atoms with Crippen LogP contribution >= 0.6 is 0 Å². The Kier molecular flexibility index (Phi) is 4.52. The number of hydrogen-bond acceptors (Lipinski definition) is 3. The van der Waals surface area contributed by atoms with Gasteiger partial charge in [-0.3, -0.25) is 4.79 Å². The van der Waals surface area contributed by atoms with Gasteiger partial charge in [-0.25, -0.2) is 0 Å². The number of amides is 1. The fourth-order valence-electron chi connectivity index (χ4n) is 1.26. The molecule has 4 heteroatoms. The van der Waals surface area contributed by atoms with E-state index >= 15 is 0 Å². The van der Waals surface area contributed by atoms with E-state index in [0.717, 1.165) is 5.56 Å². The fraction of sp³-hybridized carbons (Fsp3) is 0.462. The van der Waals surface area contributed by atoms with E-state index in [9.17, 15) is 9.90 Å². The van der Waals surface area contributed by atoms with E-state index in [4.69, 9.17) is 0 Å². The molecule has 0 bridgehead atoms. The second-order valence-corrected chi connectivity index (χ2v) is 5.01. The molecular formula is C13H20N2O2. The summed E-state index contributed by atoms with van der Waals surface area (Å²) < 4.78 is 0. The highest BCUT2D eigenvalue weighted by molar-refractivity contribution is 5.78. The molecule has 1 rings (SSSR count). The molecule has 94 valence electrons. The highest BCUT2D eigenvalue weighted by Gasteiger charge is 2.11. The third kappa shape index (κ3) is 5.36. The average Bonchev–Trinajstić information content (AvgIpc) is 2.24. The number of phenols is 1. The van der Waals surface area contributed by atoms with Crippen LogP contribution in [-0.2, 0) is 11.3 Å². The van der Waals surface area contributed by atoms with Crippen LogP contribution in [0.1, 0.15) is 26.3 Å². The van der Waals surface area contributed by atoms with Crippen molar-refractivity contribution in [1.82, 2.24) is 10.6 Å². The highest BCUT2D eigenvalue weighted by Crippen LogP contribution is 2.14. The van der Waals surface area contributed by atoms with Gasteiger partial charge in [0.1, 0.15) is 5.75 Å². The zero-order valence-electron chi connectivity index (χ0n) is 10.6. The molecule has 1 aromatic rings. The van der Waals surface area contributed by atoms with Gasteiger partial charge in [0.05, 0.1) is 6.54 Å². The van der Waals surface area contributed by atoms with Gasteiger partial charge in [0.25, 0.3) is 0 Å². The van der Waals surface area contributed by atoms with Crippen LogP contribution < -0.4 is 10.6 Å². The van der Waals surface area contributed by atoms with Crippen molar-refractivity contribution in [1.29, 1.82) is 0 Å². The normalized spacial score (nSPS) is 11.2. The molecule has 1 aromatic carbocycles. The lowest BCUT2D eigenvalue weighted by molar-refractivity contribution is -0.120. The number of carbonyl (C=O) groups is 1. The summed E-state index contributed by atoms with van der Waals surface area (Å²) in [7, 11) is 0. The molecule has 0 heterocycles. The van der Waals surface area contributed by atoms with Gasteiger partial charge in [-0.2, -0.15) is 0 Å². The number of aromatic hydroxyl groups is 1. The third-order valence-corrected chi connectivity index (χ3v) is 2.25. The van der Waals surface area contributed by atoms with Crippen molar-refractivity contribution < 1.29 is 9.90 Å². The van der Waals surface area contributed by atoms with Crippen molar-refractivity contribution in [2.24, 2.45) is 0 Å². The summed E-state index contributed by atoms with van der Waals surface area (Å²) in [6.07, 6.45) is 0. The van der Waals surface area contributed by atoms with Gasteiger partial charge in [0.15, 0.2) is 0 Å². The minimum absolute atomic E-state index is 0.0772. The van der Waals surface area contributed by atoms with Gasteiger partial charge >= 0.3 is 0 Å². The van der Waals surface area contributed by atoms with Crippen LogP contribution in [0.3, 0.4) is 0 Å². The van der Waals surface area contributed by atoms with Crippen LogP contribution in [0.5, 0.6) is 5.75 Å². The van der Waals surface area contributed by atoms with Crippen LogP contribution in [0.2, 0.25) is 0 Å². The first kappa shape index (κ1) is 13.5. The largest absolute Gasteiger partial charge is 0.508 e. The lowest BCUT2D eigenvalue weighted by Gasteiger charge is -2.20. The molecule has 17 heavy (non-hydrogen) atoms. The summed E-state index contributed by atoms with van der Waals surface area (Å²) >= 11 is 0. The van der Waals surface area contributed by atoms with Crippen molar-refractivity contribution in [2.45, 2.75) is 32.9 Å². The molecule has 3 N–H and O–H groups in total. The van der Waals surface area contributed by atoms with E-state index in [-0.39, 0.29) is 23.7 Å². The molecule has 0 aliphatic heterocycles. The minimum Gasteiger partial charge on any atom is -0.508 e. The van der Waals surface area contributed by atoms with Crippen molar-refractivity contribution in [2.75, 3.05) is 6.54 Å². The predicted octanol–water partition coefficient (Wildman–Crippen LogP) is 1.40. The molecule has 0 fully saturated rings. The second-order valence-electron chi connectivity index (χ2n) is 5.01. The van der Waals surface area contributed by atoms with Crippen molar-refractivity contribution in [3.8, 4) is 5.75 Å². The number of rotatable bonds is 4. The van der Waals surface area contributed by atoms with Gasteiger partial charge in [-0.05, 0) is 26.8 Å². The van der Waals surface area contributed by atoms with E-state index in [2.05, 4.69) is 10.6 Å². The van der Waals surface area contributed by atoms with Gasteiger partial charge < -0.3 is 15.7 Å². The SMILES string of the molecule is CC(C)(C)NCC(=O)NCc1ccccc1O. The van der Waals surface area contributed by atoms with Gasteiger partial charge in [0, 0.05) is 17.6 Å². The van der Waals surface area contributed by atoms with Gasteiger partial charge in [-0.15, -0.1) is 0 Å². The Morgan fingerprint density at radius 3 is 2.53 bits per heavy atom. The Balaban J connectivity index is 2.36. The Morgan fingerprint density at radius 1 is 1.29 bits per heavy atom. The number of hydrogen-bond donors (Lipinski definition) is 3. The zero-order chi connectivity index (χ0) is 12.9. The molecule has 0 saturated heterocycles. The second kappa shape index (κ2) is 5.68. The number of nitrogens with one attached hydrogen (secondary N) is 2. The summed E-state index contributed by atoms with van der Waals surface area (Å²) in [4.78, 5) is 11.5. The maximum absolute atomic E-state index is 11.5. The van der Waals surface area contributed by atoms with Gasteiger partial charge in [-0.1, -0.05) is 18.2 Å². The Bertz CT molecular complexity index is 383. The fourth-order valence-corrected chi connectivity index (χ4v) is 1.26. The van der Waals surface area contributed by atoms with Crippen molar-refractivity contribution in [3.63, 3.8) is 0 Å². The minimum atomic E-state index is -0.0804. The smallest absolute Gasteiger partial charge is 0.234 e. The van der Waals surface area contributed by atoms with E-state index < -0.39 is 0 Å². The molecule has 0 aliphatic rings. The summed E-state index contributed by atoms with van der Waals surface area (Å²) in [6.45, 7) is 6.63. The number of carbonyl (C=O) groups excluding carboxylic acids is 1.